The van der Waals surface area contributed by atoms with Gasteiger partial charge in [0.2, 0.25) is 0 Å². The quantitative estimate of drug-likeness (QED) is 0.799. The molecule has 92 valence electrons. The minimum atomic E-state index is 0.592. The molecule has 0 aliphatic rings. The summed E-state index contributed by atoms with van der Waals surface area (Å²) in [5, 5.41) is 0. The van der Waals surface area contributed by atoms with Gasteiger partial charge >= 0.3 is 0 Å². The lowest BCUT2D eigenvalue weighted by atomic mass is 10.2. The van der Waals surface area contributed by atoms with Crippen LogP contribution in [-0.2, 0) is 0 Å². The molecule has 0 aromatic heterocycles. The van der Waals surface area contributed by atoms with E-state index in [1.165, 1.54) is 0 Å². The topological polar surface area (TPSA) is 35.5 Å². The van der Waals surface area contributed by atoms with Crippen LogP contribution in [0, 0.1) is 0 Å². The summed E-state index contributed by atoms with van der Waals surface area (Å²) in [6.07, 6.45) is 0.789. The lowest BCUT2D eigenvalue weighted by molar-refractivity contribution is 0.112. The summed E-state index contributed by atoms with van der Waals surface area (Å²) < 4.78 is 11.7. The maximum absolute atomic E-state index is 10.6. The van der Waals surface area contributed by atoms with Crippen LogP contribution in [0.4, 0.5) is 0 Å². The Hall–Kier alpha value is -1.81. The van der Waals surface area contributed by atoms with E-state index < -0.39 is 0 Å². The van der Waals surface area contributed by atoms with Gasteiger partial charge in [-0.05, 0) is 46.3 Å². The molecule has 0 heterocycles. The summed E-state index contributed by atoms with van der Waals surface area (Å²) in [6.45, 7) is 0. The molecule has 0 saturated carbocycles. The zero-order valence-corrected chi connectivity index (χ0v) is 11.3. The van der Waals surface area contributed by atoms with Gasteiger partial charge in [-0.3, -0.25) is 4.79 Å². The number of methoxy groups -OCH3 is 1. The molecule has 3 nitrogen and oxygen atoms in total. The van der Waals surface area contributed by atoms with Crippen LogP contribution in [0.25, 0.3) is 0 Å². The fourth-order valence-electron chi connectivity index (χ4n) is 1.49. The maximum atomic E-state index is 10.6. The van der Waals surface area contributed by atoms with Crippen molar-refractivity contribution in [3.8, 4) is 17.2 Å². The van der Waals surface area contributed by atoms with E-state index in [-0.39, 0.29) is 0 Å². The van der Waals surface area contributed by atoms with Crippen molar-refractivity contribution in [2.45, 2.75) is 0 Å². The molecule has 0 radical (unpaired) electrons. The minimum Gasteiger partial charge on any atom is -0.493 e. The number of para-hydroxylation sites is 2. The van der Waals surface area contributed by atoms with Gasteiger partial charge in [-0.1, -0.05) is 12.1 Å². The predicted octanol–water partition coefficient (Wildman–Crippen LogP) is 4.06. The normalized spacial score (nSPS) is 9.89. The number of aldehydes is 1. The lowest BCUT2D eigenvalue weighted by Crippen LogP contribution is -1.91. The molecular formula is C14H11BrO3. The van der Waals surface area contributed by atoms with Crippen LogP contribution in [0.3, 0.4) is 0 Å². The van der Waals surface area contributed by atoms with Crippen molar-refractivity contribution in [2.75, 3.05) is 7.11 Å². The van der Waals surface area contributed by atoms with Crippen LogP contribution in [0.15, 0.2) is 46.9 Å². The first-order valence-electron chi connectivity index (χ1n) is 5.30. The van der Waals surface area contributed by atoms with E-state index in [0.29, 0.717) is 22.8 Å². The number of hydrogen-bond donors (Lipinski definition) is 0. The fourth-order valence-corrected chi connectivity index (χ4v) is 1.97. The van der Waals surface area contributed by atoms with Gasteiger partial charge in [-0.15, -0.1) is 0 Å². The Bertz CT molecular complexity index is 567. The third-order valence-electron chi connectivity index (χ3n) is 2.38. The molecule has 4 heteroatoms. The van der Waals surface area contributed by atoms with Crippen LogP contribution in [0.2, 0.25) is 0 Å². The Morgan fingerprint density at radius 1 is 1.06 bits per heavy atom. The number of hydrogen-bond acceptors (Lipinski definition) is 3. The maximum Gasteiger partial charge on any atom is 0.169 e. The molecule has 0 N–H and O–H groups in total. The van der Waals surface area contributed by atoms with Crippen molar-refractivity contribution in [1.82, 2.24) is 0 Å². The van der Waals surface area contributed by atoms with Gasteiger partial charge in [0.1, 0.15) is 12.0 Å². The van der Waals surface area contributed by atoms with Gasteiger partial charge in [-0.2, -0.15) is 0 Å². The summed E-state index contributed by atoms with van der Waals surface area (Å²) in [7, 11) is 1.59. The minimum absolute atomic E-state index is 0.592. The van der Waals surface area contributed by atoms with Gasteiger partial charge in [0.25, 0.3) is 0 Å². The highest BCUT2D eigenvalue weighted by atomic mass is 79.9. The Balaban J connectivity index is 2.31. The number of benzene rings is 2. The molecule has 18 heavy (non-hydrogen) atoms. The van der Waals surface area contributed by atoms with Gasteiger partial charge in [0.15, 0.2) is 11.5 Å². The van der Waals surface area contributed by atoms with Gasteiger partial charge in [0.05, 0.1) is 11.6 Å². The SMILES string of the molecule is COc1ccccc1Oc1ccc(C=O)cc1Br. The molecule has 0 spiro atoms. The van der Waals surface area contributed by atoms with Crippen molar-refractivity contribution in [3.63, 3.8) is 0 Å². The molecule has 0 bridgehead atoms. The molecule has 2 aromatic rings. The second-order valence-corrected chi connectivity index (χ2v) is 4.41. The molecule has 0 atom stereocenters. The summed E-state index contributed by atoms with van der Waals surface area (Å²) in [5.41, 5.74) is 0.592. The number of carbonyl (C=O) groups excluding carboxylic acids is 1. The first-order valence-corrected chi connectivity index (χ1v) is 6.09. The number of halogens is 1. The predicted molar refractivity (Wildman–Crippen MR) is 72.6 cm³/mol. The van der Waals surface area contributed by atoms with Crippen LogP contribution in [0.1, 0.15) is 10.4 Å². The summed E-state index contributed by atoms with van der Waals surface area (Å²) in [4.78, 5) is 10.6. The van der Waals surface area contributed by atoms with E-state index in [9.17, 15) is 4.79 Å². The van der Waals surface area contributed by atoms with E-state index >= 15 is 0 Å². The van der Waals surface area contributed by atoms with E-state index in [0.717, 1.165) is 10.8 Å². The first-order chi connectivity index (χ1) is 8.74. The molecule has 0 saturated heterocycles. The summed E-state index contributed by atoms with van der Waals surface area (Å²) in [6, 6.07) is 12.5. The summed E-state index contributed by atoms with van der Waals surface area (Å²) in [5.74, 6) is 1.91. The average molecular weight is 307 g/mol. The monoisotopic (exact) mass is 306 g/mol. The number of rotatable bonds is 4. The van der Waals surface area contributed by atoms with Gasteiger partial charge in [0, 0.05) is 5.56 Å². The zero-order valence-electron chi connectivity index (χ0n) is 9.72. The summed E-state index contributed by atoms with van der Waals surface area (Å²) >= 11 is 3.37. The molecule has 2 aromatic carbocycles. The van der Waals surface area contributed by atoms with Crippen molar-refractivity contribution in [2.24, 2.45) is 0 Å². The van der Waals surface area contributed by atoms with Crippen molar-refractivity contribution >= 4 is 22.2 Å². The Kier molecular flexibility index (Phi) is 3.99. The van der Waals surface area contributed by atoms with Gasteiger partial charge < -0.3 is 9.47 Å². The third-order valence-corrected chi connectivity index (χ3v) is 3.00. The van der Waals surface area contributed by atoms with Crippen LogP contribution < -0.4 is 9.47 Å². The number of carbonyl (C=O) groups is 1. The van der Waals surface area contributed by atoms with Crippen LogP contribution in [0.5, 0.6) is 17.2 Å². The standard InChI is InChI=1S/C14H11BrO3/c1-17-13-4-2-3-5-14(13)18-12-7-6-10(9-16)8-11(12)15/h2-9H,1H3. The zero-order chi connectivity index (χ0) is 13.0. The van der Waals surface area contributed by atoms with Crippen molar-refractivity contribution in [3.05, 3.63) is 52.5 Å². The molecule has 0 amide bonds. The molecule has 2 rings (SSSR count). The van der Waals surface area contributed by atoms with E-state index in [4.69, 9.17) is 9.47 Å². The van der Waals surface area contributed by atoms with E-state index in [1.54, 1.807) is 25.3 Å². The Labute approximate surface area is 113 Å². The van der Waals surface area contributed by atoms with E-state index in [2.05, 4.69) is 15.9 Å². The number of ether oxygens (including phenoxy) is 2. The molecule has 0 fully saturated rings. The largest absolute Gasteiger partial charge is 0.493 e. The highest BCUT2D eigenvalue weighted by molar-refractivity contribution is 9.10. The average Bonchev–Trinajstić information content (AvgIpc) is 2.41. The fraction of sp³-hybridized carbons (Fsp3) is 0.0714. The molecule has 0 aliphatic heterocycles. The highest BCUT2D eigenvalue weighted by Crippen LogP contribution is 2.35. The van der Waals surface area contributed by atoms with Gasteiger partial charge in [-0.25, -0.2) is 0 Å². The smallest absolute Gasteiger partial charge is 0.169 e. The van der Waals surface area contributed by atoms with Crippen LogP contribution in [-0.4, -0.2) is 13.4 Å². The first kappa shape index (κ1) is 12.6. The Morgan fingerprint density at radius 3 is 2.39 bits per heavy atom. The molecular weight excluding hydrogens is 296 g/mol. The lowest BCUT2D eigenvalue weighted by Gasteiger charge is -2.11. The Morgan fingerprint density at radius 2 is 1.78 bits per heavy atom. The van der Waals surface area contributed by atoms with Crippen molar-refractivity contribution < 1.29 is 14.3 Å². The van der Waals surface area contributed by atoms with Crippen molar-refractivity contribution in [1.29, 1.82) is 0 Å². The second-order valence-electron chi connectivity index (χ2n) is 3.56. The highest BCUT2D eigenvalue weighted by Gasteiger charge is 2.07. The van der Waals surface area contributed by atoms with E-state index in [1.807, 2.05) is 24.3 Å². The third kappa shape index (κ3) is 2.71. The van der Waals surface area contributed by atoms with Crippen LogP contribution >= 0.6 is 15.9 Å². The second kappa shape index (κ2) is 5.69. The molecule has 0 unspecified atom stereocenters. The molecule has 0 aliphatic carbocycles.